The van der Waals surface area contributed by atoms with Crippen molar-refractivity contribution in [2.24, 2.45) is 0 Å². The van der Waals surface area contributed by atoms with Gasteiger partial charge in [0.2, 0.25) is 15.9 Å². The van der Waals surface area contributed by atoms with Crippen LogP contribution in [0.1, 0.15) is 11.1 Å². The smallest absolute Gasteiger partial charge is 0.269 e. The van der Waals surface area contributed by atoms with Crippen LogP contribution in [0.15, 0.2) is 60.7 Å². The van der Waals surface area contributed by atoms with E-state index in [0.29, 0.717) is 18.7 Å². The van der Waals surface area contributed by atoms with Gasteiger partial charge in [-0.25, -0.2) is 8.42 Å². The summed E-state index contributed by atoms with van der Waals surface area (Å²) in [6, 6.07) is 14.9. The van der Waals surface area contributed by atoms with Crippen molar-refractivity contribution < 1.29 is 18.1 Å². The van der Waals surface area contributed by atoms with Gasteiger partial charge in [-0.3, -0.25) is 14.9 Å². The van der Waals surface area contributed by atoms with Crippen molar-refractivity contribution in [3.63, 3.8) is 0 Å². The highest BCUT2D eigenvalue weighted by atomic mass is 32.2. The maximum absolute atomic E-state index is 12.6. The van der Waals surface area contributed by atoms with Gasteiger partial charge in [0, 0.05) is 44.4 Å². The summed E-state index contributed by atoms with van der Waals surface area (Å²) < 4.78 is 26.6. The van der Waals surface area contributed by atoms with E-state index < -0.39 is 14.9 Å². The predicted molar refractivity (Wildman–Crippen MR) is 109 cm³/mol. The van der Waals surface area contributed by atoms with Crippen LogP contribution in [0.4, 0.5) is 5.69 Å². The Kier molecular flexibility index (Phi) is 6.40. The molecular formula is C20H21N3O5S. The number of carbonyl (C=O) groups is 1. The summed E-state index contributed by atoms with van der Waals surface area (Å²) in [4.78, 5) is 24.1. The van der Waals surface area contributed by atoms with Gasteiger partial charge in [-0.1, -0.05) is 30.3 Å². The normalized spacial score (nSPS) is 15.5. The first-order chi connectivity index (χ1) is 13.8. The van der Waals surface area contributed by atoms with Crippen LogP contribution in [-0.2, 0) is 20.6 Å². The van der Waals surface area contributed by atoms with E-state index >= 15 is 0 Å². The second-order valence-corrected chi connectivity index (χ2v) is 8.62. The van der Waals surface area contributed by atoms with Crippen LogP contribution in [0.25, 0.3) is 6.08 Å². The van der Waals surface area contributed by atoms with Gasteiger partial charge in [0.1, 0.15) is 0 Å². The van der Waals surface area contributed by atoms with E-state index in [0.717, 1.165) is 5.56 Å². The van der Waals surface area contributed by atoms with Crippen LogP contribution in [0.2, 0.25) is 0 Å². The van der Waals surface area contributed by atoms with Crippen molar-refractivity contribution in [1.29, 1.82) is 0 Å². The number of carbonyl (C=O) groups excluding carboxylic acids is 1. The molecule has 0 saturated carbocycles. The number of nitro groups is 1. The number of rotatable bonds is 6. The van der Waals surface area contributed by atoms with Gasteiger partial charge >= 0.3 is 0 Å². The Morgan fingerprint density at radius 1 is 1.00 bits per heavy atom. The van der Waals surface area contributed by atoms with Gasteiger partial charge in [-0.15, -0.1) is 0 Å². The molecule has 0 atom stereocenters. The molecule has 9 heteroatoms. The molecule has 2 aromatic carbocycles. The Morgan fingerprint density at radius 3 is 2.21 bits per heavy atom. The summed E-state index contributed by atoms with van der Waals surface area (Å²) in [5.74, 6) is -0.273. The van der Waals surface area contributed by atoms with E-state index in [1.165, 1.54) is 22.5 Å². The number of non-ortho nitro benzene ring substituents is 1. The van der Waals surface area contributed by atoms with Crippen LogP contribution in [0, 0.1) is 10.1 Å². The van der Waals surface area contributed by atoms with Gasteiger partial charge in [-0.2, -0.15) is 4.31 Å². The summed E-state index contributed by atoms with van der Waals surface area (Å²) in [5, 5.41) is 10.7. The van der Waals surface area contributed by atoms with Crippen molar-refractivity contribution >= 4 is 27.7 Å². The highest BCUT2D eigenvalue weighted by Crippen LogP contribution is 2.15. The fraction of sp³-hybridized carbons (Fsp3) is 0.250. The van der Waals surface area contributed by atoms with E-state index in [2.05, 4.69) is 0 Å². The summed E-state index contributed by atoms with van der Waals surface area (Å²) in [5.41, 5.74) is 1.39. The van der Waals surface area contributed by atoms with Crippen molar-refractivity contribution in [3.8, 4) is 0 Å². The number of hydrogen-bond donors (Lipinski definition) is 0. The Labute approximate surface area is 169 Å². The molecule has 1 aliphatic heterocycles. The van der Waals surface area contributed by atoms with Gasteiger partial charge < -0.3 is 4.90 Å². The molecule has 1 amide bonds. The molecule has 0 N–H and O–H groups in total. The molecule has 29 heavy (non-hydrogen) atoms. The third-order valence-electron chi connectivity index (χ3n) is 4.66. The molecule has 2 aromatic rings. The first-order valence-electron chi connectivity index (χ1n) is 9.08. The minimum absolute atomic E-state index is 0.0127. The molecular weight excluding hydrogens is 394 g/mol. The fourth-order valence-corrected chi connectivity index (χ4v) is 4.56. The molecule has 3 rings (SSSR count). The van der Waals surface area contributed by atoms with E-state index in [-0.39, 0.29) is 30.4 Å². The molecule has 1 fully saturated rings. The number of nitrogens with zero attached hydrogens (tertiary/aromatic N) is 3. The number of sulfonamides is 1. The van der Waals surface area contributed by atoms with E-state index in [9.17, 15) is 23.3 Å². The Hall–Kier alpha value is -3.04. The molecule has 1 saturated heterocycles. The second kappa shape index (κ2) is 8.97. The van der Waals surface area contributed by atoms with Crippen molar-refractivity contribution in [1.82, 2.24) is 9.21 Å². The van der Waals surface area contributed by atoms with Gasteiger partial charge in [0.25, 0.3) is 5.69 Å². The van der Waals surface area contributed by atoms with Crippen LogP contribution < -0.4 is 0 Å². The number of piperazine rings is 1. The van der Waals surface area contributed by atoms with Crippen molar-refractivity contribution in [3.05, 3.63) is 81.9 Å². The summed E-state index contributed by atoms with van der Waals surface area (Å²) in [7, 11) is -3.43. The van der Waals surface area contributed by atoms with Crippen LogP contribution in [0.5, 0.6) is 0 Å². The first kappa shape index (κ1) is 20.7. The van der Waals surface area contributed by atoms with Crippen LogP contribution >= 0.6 is 0 Å². The highest BCUT2D eigenvalue weighted by Gasteiger charge is 2.28. The van der Waals surface area contributed by atoms with Gasteiger partial charge in [0.15, 0.2) is 0 Å². The number of amides is 1. The lowest BCUT2D eigenvalue weighted by Gasteiger charge is -2.33. The maximum atomic E-state index is 12.6. The monoisotopic (exact) mass is 415 g/mol. The van der Waals surface area contributed by atoms with Crippen molar-refractivity contribution in [2.75, 3.05) is 26.2 Å². The number of benzene rings is 2. The lowest BCUT2D eigenvalue weighted by Crippen LogP contribution is -2.50. The minimum atomic E-state index is -3.43. The fourth-order valence-electron chi connectivity index (χ4n) is 3.04. The Morgan fingerprint density at radius 2 is 1.62 bits per heavy atom. The standard InChI is InChI=1S/C20H21N3O5S/c24-20(11-8-17-6-9-19(10-7-17)23(25)26)21-12-14-22(15-13-21)29(27,28)16-18-4-2-1-3-5-18/h1-11H,12-16H2/b11-8+. The largest absolute Gasteiger partial charge is 0.337 e. The van der Waals surface area contributed by atoms with E-state index in [1.807, 2.05) is 6.07 Å². The molecule has 1 aliphatic rings. The zero-order chi connectivity index (χ0) is 20.9. The third kappa shape index (κ3) is 5.49. The highest BCUT2D eigenvalue weighted by molar-refractivity contribution is 7.88. The quantitative estimate of drug-likeness (QED) is 0.409. The molecule has 0 radical (unpaired) electrons. The lowest BCUT2D eigenvalue weighted by atomic mass is 10.2. The number of hydrogen-bond acceptors (Lipinski definition) is 5. The Bertz CT molecular complexity index is 996. The molecule has 0 aromatic heterocycles. The third-order valence-corrected chi connectivity index (χ3v) is 6.51. The molecule has 152 valence electrons. The summed E-state index contributed by atoms with van der Waals surface area (Å²) in [6.45, 7) is 1.15. The molecule has 0 unspecified atom stereocenters. The van der Waals surface area contributed by atoms with Gasteiger partial charge in [0.05, 0.1) is 10.7 Å². The SMILES string of the molecule is O=C(/C=C/c1ccc([N+](=O)[O-])cc1)N1CCN(S(=O)(=O)Cc2ccccc2)CC1. The average molecular weight is 415 g/mol. The topological polar surface area (TPSA) is 101 Å². The van der Waals surface area contributed by atoms with Crippen LogP contribution in [-0.4, -0.2) is 54.6 Å². The first-order valence-corrected chi connectivity index (χ1v) is 10.7. The predicted octanol–water partition coefficient (Wildman–Crippen LogP) is 2.28. The minimum Gasteiger partial charge on any atom is -0.337 e. The molecule has 0 spiro atoms. The molecule has 8 nitrogen and oxygen atoms in total. The second-order valence-electron chi connectivity index (χ2n) is 6.65. The van der Waals surface area contributed by atoms with E-state index in [4.69, 9.17) is 0 Å². The van der Waals surface area contributed by atoms with Gasteiger partial charge in [-0.05, 0) is 29.3 Å². The van der Waals surface area contributed by atoms with Crippen molar-refractivity contribution in [2.45, 2.75) is 5.75 Å². The molecule has 0 aliphatic carbocycles. The molecule has 0 bridgehead atoms. The maximum Gasteiger partial charge on any atom is 0.269 e. The van der Waals surface area contributed by atoms with E-state index in [1.54, 1.807) is 47.4 Å². The zero-order valence-electron chi connectivity index (χ0n) is 15.7. The zero-order valence-corrected chi connectivity index (χ0v) is 16.5. The average Bonchev–Trinajstić information content (AvgIpc) is 2.73. The summed E-state index contributed by atoms with van der Waals surface area (Å²) in [6.07, 6.45) is 2.99. The molecule has 1 heterocycles. The summed E-state index contributed by atoms with van der Waals surface area (Å²) >= 11 is 0. The Balaban J connectivity index is 1.54. The number of nitro benzene ring substituents is 1. The lowest BCUT2D eigenvalue weighted by molar-refractivity contribution is -0.384. The van der Waals surface area contributed by atoms with Crippen LogP contribution in [0.3, 0.4) is 0 Å².